The third kappa shape index (κ3) is 2.80. The second-order valence-corrected chi connectivity index (χ2v) is 4.65. The minimum atomic E-state index is 0.651. The highest BCUT2D eigenvalue weighted by Gasteiger charge is 2.19. The Morgan fingerprint density at radius 3 is 2.87 bits per heavy atom. The number of rotatable bonds is 3. The molecule has 1 unspecified atom stereocenters. The van der Waals surface area contributed by atoms with Gasteiger partial charge in [-0.3, -0.25) is 0 Å². The molecular weight excluding hydrogens is 184 g/mol. The smallest absolute Gasteiger partial charge is 0.0178 e. The largest absolute Gasteiger partial charge is 0.326 e. The van der Waals surface area contributed by atoms with Gasteiger partial charge in [0.25, 0.3) is 0 Å². The molecule has 1 aliphatic rings. The summed E-state index contributed by atoms with van der Waals surface area (Å²) in [6.07, 6.45) is 2.54. The predicted molar refractivity (Wildman–Crippen MR) is 63.6 cm³/mol. The van der Waals surface area contributed by atoms with Gasteiger partial charge in [-0.25, -0.2) is 0 Å². The molecule has 1 fully saturated rings. The van der Waals surface area contributed by atoms with E-state index in [0.717, 1.165) is 5.92 Å². The maximum Gasteiger partial charge on any atom is 0.0178 e. The molecule has 1 aliphatic heterocycles. The lowest BCUT2D eigenvalue weighted by Crippen LogP contribution is -2.15. The normalized spacial score (nSPS) is 22.1. The molecule has 15 heavy (non-hydrogen) atoms. The number of nitrogens with two attached hydrogens (primary N) is 1. The second kappa shape index (κ2) is 4.77. The molecule has 2 N–H and O–H groups in total. The summed E-state index contributed by atoms with van der Waals surface area (Å²) in [4.78, 5) is 2.41. The first-order chi connectivity index (χ1) is 7.28. The van der Waals surface area contributed by atoms with E-state index in [-0.39, 0.29) is 0 Å². The van der Waals surface area contributed by atoms with Crippen LogP contribution in [0.25, 0.3) is 0 Å². The van der Waals surface area contributed by atoms with Crippen molar-refractivity contribution in [2.24, 2.45) is 11.7 Å². The molecule has 0 spiro atoms. The Morgan fingerprint density at radius 1 is 1.40 bits per heavy atom. The van der Waals surface area contributed by atoms with Gasteiger partial charge in [0.15, 0.2) is 0 Å². The van der Waals surface area contributed by atoms with E-state index < -0.39 is 0 Å². The summed E-state index contributed by atoms with van der Waals surface area (Å²) in [5.74, 6) is 0.836. The molecular formula is C13H20N2. The van der Waals surface area contributed by atoms with E-state index in [2.05, 4.69) is 36.2 Å². The topological polar surface area (TPSA) is 29.3 Å². The van der Waals surface area contributed by atoms with Gasteiger partial charge in [0.05, 0.1) is 0 Å². The molecule has 0 radical (unpaired) electrons. The Bertz CT molecular complexity index is 322. The van der Waals surface area contributed by atoms with Gasteiger partial charge in [0, 0.05) is 13.1 Å². The van der Waals surface area contributed by atoms with Crippen molar-refractivity contribution in [2.75, 3.05) is 20.1 Å². The van der Waals surface area contributed by atoms with Gasteiger partial charge in [-0.15, -0.1) is 0 Å². The van der Waals surface area contributed by atoms with E-state index in [1.54, 1.807) is 0 Å². The molecule has 0 bridgehead atoms. The Morgan fingerprint density at radius 2 is 2.20 bits per heavy atom. The number of hydrogen-bond acceptors (Lipinski definition) is 2. The fourth-order valence-electron chi connectivity index (χ4n) is 2.41. The SMILES string of the molecule is CN1CCC(Cc2cccc(CN)c2)C1. The van der Waals surface area contributed by atoms with Crippen LogP contribution in [0, 0.1) is 5.92 Å². The molecule has 1 atom stereocenters. The van der Waals surface area contributed by atoms with Crippen LogP contribution in [-0.4, -0.2) is 25.0 Å². The fraction of sp³-hybridized carbons (Fsp3) is 0.538. The highest BCUT2D eigenvalue weighted by molar-refractivity contribution is 5.23. The van der Waals surface area contributed by atoms with Crippen LogP contribution >= 0.6 is 0 Å². The van der Waals surface area contributed by atoms with E-state index in [1.165, 1.54) is 37.1 Å². The van der Waals surface area contributed by atoms with E-state index >= 15 is 0 Å². The molecule has 1 aromatic carbocycles. The Labute approximate surface area is 92.1 Å². The predicted octanol–water partition coefficient (Wildman–Crippen LogP) is 1.64. The minimum absolute atomic E-state index is 0.651. The zero-order chi connectivity index (χ0) is 10.7. The van der Waals surface area contributed by atoms with Crippen molar-refractivity contribution in [1.82, 2.24) is 4.90 Å². The highest BCUT2D eigenvalue weighted by atomic mass is 15.1. The molecule has 1 saturated heterocycles. The maximum absolute atomic E-state index is 5.64. The third-order valence-corrected chi connectivity index (χ3v) is 3.24. The van der Waals surface area contributed by atoms with Crippen LogP contribution in [0.3, 0.4) is 0 Å². The molecule has 1 heterocycles. The van der Waals surface area contributed by atoms with Gasteiger partial charge in [-0.2, -0.15) is 0 Å². The summed E-state index contributed by atoms with van der Waals surface area (Å²) in [5.41, 5.74) is 8.33. The summed E-state index contributed by atoms with van der Waals surface area (Å²) in [5, 5.41) is 0. The quantitative estimate of drug-likeness (QED) is 0.811. The number of nitrogens with zero attached hydrogens (tertiary/aromatic N) is 1. The van der Waals surface area contributed by atoms with E-state index in [9.17, 15) is 0 Å². The lowest BCUT2D eigenvalue weighted by molar-refractivity contribution is 0.394. The second-order valence-electron chi connectivity index (χ2n) is 4.65. The van der Waals surface area contributed by atoms with E-state index in [4.69, 9.17) is 5.73 Å². The lowest BCUT2D eigenvalue weighted by Gasteiger charge is -2.11. The highest BCUT2D eigenvalue weighted by Crippen LogP contribution is 2.19. The van der Waals surface area contributed by atoms with Crippen LogP contribution in [-0.2, 0) is 13.0 Å². The van der Waals surface area contributed by atoms with Gasteiger partial charge < -0.3 is 10.6 Å². The first kappa shape index (κ1) is 10.7. The Kier molecular flexibility index (Phi) is 3.39. The van der Waals surface area contributed by atoms with Crippen LogP contribution in [0.2, 0.25) is 0 Å². The van der Waals surface area contributed by atoms with Crippen molar-refractivity contribution >= 4 is 0 Å². The minimum Gasteiger partial charge on any atom is -0.326 e. The van der Waals surface area contributed by atoms with Gasteiger partial charge >= 0.3 is 0 Å². The third-order valence-electron chi connectivity index (χ3n) is 3.24. The lowest BCUT2D eigenvalue weighted by atomic mass is 9.97. The van der Waals surface area contributed by atoms with Crippen molar-refractivity contribution in [3.8, 4) is 0 Å². The molecule has 1 aromatic rings. The summed E-state index contributed by atoms with van der Waals surface area (Å²) in [6.45, 7) is 3.15. The van der Waals surface area contributed by atoms with Gasteiger partial charge in [0.2, 0.25) is 0 Å². The van der Waals surface area contributed by atoms with Crippen molar-refractivity contribution in [3.63, 3.8) is 0 Å². The van der Waals surface area contributed by atoms with Gasteiger partial charge in [-0.1, -0.05) is 24.3 Å². The molecule has 0 amide bonds. The van der Waals surface area contributed by atoms with Gasteiger partial charge in [0.1, 0.15) is 0 Å². The summed E-state index contributed by atoms with van der Waals surface area (Å²) in [7, 11) is 2.20. The maximum atomic E-state index is 5.64. The Hall–Kier alpha value is -0.860. The van der Waals surface area contributed by atoms with Crippen molar-refractivity contribution in [2.45, 2.75) is 19.4 Å². The molecule has 2 heteroatoms. The average Bonchev–Trinajstić information content (AvgIpc) is 2.64. The van der Waals surface area contributed by atoms with Crippen LogP contribution in [0.4, 0.5) is 0 Å². The van der Waals surface area contributed by atoms with Gasteiger partial charge in [-0.05, 0) is 43.5 Å². The van der Waals surface area contributed by atoms with Crippen molar-refractivity contribution in [3.05, 3.63) is 35.4 Å². The summed E-state index contributed by atoms with van der Waals surface area (Å²) in [6, 6.07) is 8.69. The van der Waals surface area contributed by atoms with Crippen LogP contribution < -0.4 is 5.73 Å². The summed E-state index contributed by atoms with van der Waals surface area (Å²) < 4.78 is 0. The average molecular weight is 204 g/mol. The summed E-state index contributed by atoms with van der Waals surface area (Å²) >= 11 is 0. The molecule has 2 rings (SSSR count). The van der Waals surface area contributed by atoms with E-state index in [1.807, 2.05) is 0 Å². The van der Waals surface area contributed by atoms with Crippen LogP contribution in [0.5, 0.6) is 0 Å². The van der Waals surface area contributed by atoms with Crippen LogP contribution in [0.1, 0.15) is 17.5 Å². The Balaban J connectivity index is 1.98. The van der Waals surface area contributed by atoms with Crippen molar-refractivity contribution < 1.29 is 0 Å². The zero-order valence-corrected chi connectivity index (χ0v) is 9.45. The zero-order valence-electron chi connectivity index (χ0n) is 9.45. The van der Waals surface area contributed by atoms with Crippen LogP contribution in [0.15, 0.2) is 24.3 Å². The molecule has 0 aliphatic carbocycles. The molecule has 2 nitrogen and oxygen atoms in total. The molecule has 82 valence electrons. The molecule has 0 aromatic heterocycles. The molecule has 0 saturated carbocycles. The first-order valence-corrected chi connectivity index (χ1v) is 5.74. The van der Waals surface area contributed by atoms with Crippen molar-refractivity contribution in [1.29, 1.82) is 0 Å². The number of benzene rings is 1. The van der Waals surface area contributed by atoms with E-state index in [0.29, 0.717) is 6.54 Å². The standard InChI is InChI=1S/C13H20N2/c1-15-6-5-13(10-15)8-11-3-2-4-12(7-11)9-14/h2-4,7,13H,5-6,8-10,14H2,1H3. The number of likely N-dealkylation sites (tertiary alicyclic amines) is 1. The number of hydrogen-bond donors (Lipinski definition) is 1. The fourth-order valence-corrected chi connectivity index (χ4v) is 2.41. The monoisotopic (exact) mass is 204 g/mol. The first-order valence-electron chi connectivity index (χ1n) is 5.74.